The van der Waals surface area contributed by atoms with E-state index in [1.807, 2.05) is 18.9 Å². The fraction of sp³-hybridized carbons (Fsp3) is 0.929. The fourth-order valence-corrected chi connectivity index (χ4v) is 4.49. The Kier molecular flexibility index (Phi) is 6.38. The summed E-state index contributed by atoms with van der Waals surface area (Å²) in [5.41, 5.74) is 0. The highest BCUT2D eigenvalue weighted by molar-refractivity contribution is 7.86. The van der Waals surface area contributed by atoms with Crippen molar-refractivity contribution < 1.29 is 17.9 Å². The van der Waals surface area contributed by atoms with Crippen LogP contribution in [0.3, 0.4) is 0 Å². The van der Waals surface area contributed by atoms with Gasteiger partial charge in [0.2, 0.25) is 0 Å². The molecule has 2 aliphatic heterocycles. The molecule has 0 saturated carbocycles. The van der Waals surface area contributed by atoms with Crippen molar-refractivity contribution in [3.05, 3.63) is 0 Å². The van der Waals surface area contributed by atoms with Gasteiger partial charge in [-0.05, 0) is 20.9 Å². The smallest absolute Gasteiger partial charge is 0.323 e. The monoisotopic (exact) mass is 348 g/mol. The third kappa shape index (κ3) is 4.42. The molecule has 0 bridgehead atoms. The van der Waals surface area contributed by atoms with Gasteiger partial charge in [-0.1, -0.05) is 0 Å². The molecule has 0 amide bonds. The lowest BCUT2D eigenvalue weighted by atomic mass is 10.2. The largest absolute Gasteiger partial charge is 0.465 e. The zero-order valence-electron chi connectivity index (χ0n) is 14.3. The van der Waals surface area contributed by atoms with E-state index in [1.165, 1.54) is 4.31 Å². The Labute approximate surface area is 139 Å². The van der Waals surface area contributed by atoms with Gasteiger partial charge in [0.1, 0.15) is 6.04 Å². The van der Waals surface area contributed by atoms with E-state index >= 15 is 0 Å². The zero-order valence-corrected chi connectivity index (χ0v) is 15.1. The van der Waals surface area contributed by atoms with Crippen LogP contribution in [0.25, 0.3) is 0 Å². The van der Waals surface area contributed by atoms with Crippen LogP contribution in [0.4, 0.5) is 0 Å². The first-order chi connectivity index (χ1) is 10.9. The third-order valence-electron chi connectivity index (χ3n) is 4.56. The Morgan fingerprint density at radius 3 is 1.96 bits per heavy atom. The number of rotatable bonds is 5. The van der Waals surface area contributed by atoms with Gasteiger partial charge < -0.3 is 9.64 Å². The predicted molar refractivity (Wildman–Crippen MR) is 87.2 cm³/mol. The molecule has 134 valence electrons. The van der Waals surface area contributed by atoms with Crippen molar-refractivity contribution >= 4 is 16.2 Å². The minimum Gasteiger partial charge on any atom is -0.465 e. The molecule has 2 heterocycles. The molecule has 0 aromatic carbocycles. The maximum atomic E-state index is 12.7. The van der Waals surface area contributed by atoms with E-state index in [0.29, 0.717) is 45.9 Å². The number of ether oxygens (including phenoxy) is 1. The summed E-state index contributed by atoms with van der Waals surface area (Å²) in [6.45, 7) is 8.49. The predicted octanol–water partition coefficient (Wildman–Crippen LogP) is -0.952. The molecule has 8 nitrogen and oxygen atoms in total. The Morgan fingerprint density at radius 1 is 1.00 bits per heavy atom. The first-order valence-electron chi connectivity index (χ1n) is 8.20. The molecule has 1 atom stereocenters. The van der Waals surface area contributed by atoms with Crippen molar-refractivity contribution in [3.63, 3.8) is 0 Å². The number of carbonyl (C=O) groups is 1. The van der Waals surface area contributed by atoms with Gasteiger partial charge in [-0.25, -0.2) is 0 Å². The summed E-state index contributed by atoms with van der Waals surface area (Å²) in [5.74, 6) is -0.247. The molecule has 2 saturated heterocycles. The number of hydrogen-bond acceptors (Lipinski definition) is 6. The molecule has 0 N–H and O–H groups in total. The molecule has 2 aliphatic rings. The molecule has 0 aromatic heterocycles. The quantitative estimate of drug-likeness (QED) is 0.597. The van der Waals surface area contributed by atoms with Crippen LogP contribution in [-0.2, 0) is 19.7 Å². The van der Waals surface area contributed by atoms with E-state index in [9.17, 15) is 13.2 Å². The van der Waals surface area contributed by atoms with Gasteiger partial charge in [0.15, 0.2) is 0 Å². The van der Waals surface area contributed by atoms with Crippen LogP contribution < -0.4 is 0 Å². The number of likely N-dealkylation sites (N-methyl/N-ethyl adjacent to an activating group) is 1. The summed E-state index contributed by atoms with van der Waals surface area (Å²) in [4.78, 5) is 15.9. The van der Waals surface area contributed by atoms with E-state index < -0.39 is 10.2 Å². The Bertz CT molecular complexity index is 497. The molecule has 0 aliphatic carbocycles. The number of carbonyl (C=O) groups excluding carboxylic acids is 1. The summed E-state index contributed by atoms with van der Waals surface area (Å²) in [6.07, 6.45) is 0. The lowest BCUT2D eigenvalue weighted by Gasteiger charge is -2.40. The lowest BCUT2D eigenvalue weighted by Crippen LogP contribution is -2.58. The molecule has 2 rings (SSSR count). The first kappa shape index (κ1) is 18.6. The number of esters is 1. The van der Waals surface area contributed by atoms with Gasteiger partial charge >= 0.3 is 5.97 Å². The second kappa shape index (κ2) is 7.89. The van der Waals surface area contributed by atoms with Crippen molar-refractivity contribution in [3.8, 4) is 0 Å². The molecule has 9 heteroatoms. The van der Waals surface area contributed by atoms with Crippen molar-refractivity contribution in [2.45, 2.75) is 19.9 Å². The molecule has 0 unspecified atom stereocenters. The molecule has 2 fully saturated rings. The fourth-order valence-electron chi connectivity index (χ4n) is 2.92. The highest BCUT2D eigenvalue weighted by Gasteiger charge is 2.35. The SMILES string of the molecule is CCOC(=O)[C@@H](C)N1CCN(S(=O)(=O)N2CCN(C)CC2)CC1. The highest BCUT2D eigenvalue weighted by Crippen LogP contribution is 2.16. The summed E-state index contributed by atoms with van der Waals surface area (Å²) in [7, 11) is -1.39. The number of hydrogen-bond donors (Lipinski definition) is 0. The Balaban J connectivity index is 1.89. The minimum absolute atomic E-state index is 0.247. The maximum Gasteiger partial charge on any atom is 0.323 e. The van der Waals surface area contributed by atoms with E-state index in [2.05, 4.69) is 4.90 Å². The van der Waals surface area contributed by atoms with Crippen molar-refractivity contribution in [1.82, 2.24) is 18.4 Å². The van der Waals surface area contributed by atoms with Gasteiger partial charge in [0.05, 0.1) is 6.61 Å². The molecular weight excluding hydrogens is 320 g/mol. The standard InChI is InChI=1S/C14H28N4O4S/c1-4-22-14(19)13(2)16-7-11-18(12-8-16)23(20,21)17-9-5-15(3)6-10-17/h13H,4-12H2,1-3H3/t13-/m1/s1. The Hall–Kier alpha value is -0.740. The molecular formula is C14H28N4O4S. The average Bonchev–Trinajstić information content (AvgIpc) is 2.55. The van der Waals surface area contributed by atoms with Crippen LogP contribution in [-0.4, -0.2) is 105 Å². The third-order valence-corrected chi connectivity index (χ3v) is 6.60. The van der Waals surface area contributed by atoms with Crippen LogP contribution in [0.5, 0.6) is 0 Å². The Morgan fingerprint density at radius 2 is 1.48 bits per heavy atom. The molecule has 23 heavy (non-hydrogen) atoms. The highest BCUT2D eigenvalue weighted by atomic mass is 32.2. The normalized spacial score (nSPS) is 24.5. The van der Waals surface area contributed by atoms with Gasteiger partial charge in [-0.3, -0.25) is 9.69 Å². The van der Waals surface area contributed by atoms with Crippen LogP contribution in [0.15, 0.2) is 0 Å². The van der Waals surface area contributed by atoms with Gasteiger partial charge in [0.25, 0.3) is 10.2 Å². The zero-order chi connectivity index (χ0) is 17.0. The van der Waals surface area contributed by atoms with Crippen LogP contribution in [0.2, 0.25) is 0 Å². The van der Waals surface area contributed by atoms with Crippen LogP contribution in [0.1, 0.15) is 13.8 Å². The van der Waals surface area contributed by atoms with Gasteiger partial charge in [-0.2, -0.15) is 17.0 Å². The average molecular weight is 348 g/mol. The minimum atomic E-state index is -3.39. The van der Waals surface area contributed by atoms with E-state index in [-0.39, 0.29) is 12.0 Å². The topological polar surface area (TPSA) is 73.4 Å². The summed E-state index contributed by atoms with van der Waals surface area (Å²) in [6, 6.07) is -0.330. The number of nitrogens with zero attached hydrogens (tertiary/aromatic N) is 4. The van der Waals surface area contributed by atoms with Gasteiger partial charge in [0, 0.05) is 52.4 Å². The lowest BCUT2D eigenvalue weighted by molar-refractivity contribution is -0.149. The van der Waals surface area contributed by atoms with Crippen molar-refractivity contribution in [1.29, 1.82) is 0 Å². The van der Waals surface area contributed by atoms with E-state index in [1.54, 1.807) is 11.2 Å². The summed E-state index contributed by atoms with van der Waals surface area (Å²) >= 11 is 0. The summed E-state index contributed by atoms with van der Waals surface area (Å²) in [5, 5.41) is 0. The summed E-state index contributed by atoms with van der Waals surface area (Å²) < 4.78 is 33.5. The molecule has 0 radical (unpaired) electrons. The van der Waals surface area contributed by atoms with Crippen molar-refractivity contribution in [2.24, 2.45) is 0 Å². The molecule has 0 spiro atoms. The number of piperazine rings is 2. The van der Waals surface area contributed by atoms with Gasteiger partial charge in [-0.15, -0.1) is 0 Å². The second-order valence-corrected chi connectivity index (χ2v) is 8.00. The maximum absolute atomic E-state index is 12.7. The first-order valence-corrected chi connectivity index (χ1v) is 9.60. The molecule has 0 aromatic rings. The van der Waals surface area contributed by atoms with Crippen molar-refractivity contribution in [2.75, 3.05) is 66.0 Å². The van der Waals surface area contributed by atoms with E-state index in [4.69, 9.17) is 4.74 Å². The second-order valence-electron chi connectivity index (χ2n) is 6.07. The van der Waals surface area contributed by atoms with E-state index in [0.717, 1.165) is 13.1 Å². The van der Waals surface area contributed by atoms with Crippen LogP contribution in [0, 0.1) is 0 Å². The van der Waals surface area contributed by atoms with Crippen LogP contribution >= 0.6 is 0 Å².